The van der Waals surface area contributed by atoms with Crippen LogP contribution in [0.1, 0.15) is 39.4 Å². The molecule has 0 aliphatic carbocycles. The Morgan fingerprint density at radius 3 is 2.65 bits per heavy atom. The van der Waals surface area contributed by atoms with Crippen LogP contribution in [0.2, 0.25) is 0 Å². The number of hydrogen-bond donors (Lipinski definition) is 0. The number of hydrogen-bond acceptors (Lipinski definition) is 7. The van der Waals surface area contributed by atoms with Crippen molar-refractivity contribution in [3.8, 4) is 5.69 Å². The topological polar surface area (TPSA) is 69.9 Å². The minimum Gasteiger partial charge on any atom is -0.461 e. The smallest absolute Gasteiger partial charge is 0.357 e. The maximum Gasteiger partial charge on any atom is 0.357 e. The largest absolute Gasteiger partial charge is 0.461 e. The molecule has 31 heavy (non-hydrogen) atoms. The van der Waals surface area contributed by atoms with Gasteiger partial charge in [-0.25, -0.2) is 9.78 Å². The van der Waals surface area contributed by atoms with Gasteiger partial charge in [0, 0.05) is 11.8 Å². The van der Waals surface area contributed by atoms with Crippen molar-refractivity contribution in [1.82, 2.24) is 19.7 Å². The highest BCUT2D eigenvalue weighted by atomic mass is 32.2. The first-order valence-electron chi connectivity index (χ1n) is 9.94. The van der Waals surface area contributed by atoms with Crippen LogP contribution in [0.15, 0.2) is 65.1 Å². The second kappa shape index (κ2) is 9.89. The Kier molecular flexibility index (Phi) is 6.79. The zero-order valence-corrected chi connectivity index (χ0v) is 18.9. The number of nitrogens with zero attached hydrogens (tertiary/aromatic N) is 4. The van der Waals surface area contributed by atoms with E-state index in [1.165, 1.54) is 16.9 Å². The van der Waals surface area contributed by atoms with E-state index in [1.807, 2.05) is 30.3 Å². The molecule has 0 atom stereocenters. The van der Waals surface area contributed by atoms with Crippen molar-refractivity contribution in [2.24, 2.45) is 0 Å². The van der Waals surface area contributed by atoms with E-state index >= 15 is 0 Å². The predicted octanol–water partition coefficient (Wildman–Crippen LogP) is 5.09. The Morgan fingerprint density at radius 1 is 1.10 bits per heavy atom. The van der Waals surface area contributed by atoms with Gasteiger partial charge in [-0.2, -0.15) is 0 Å². The monoisotopic (exact) mass is 450 g/mol. The summed E-state index contributed by atoms with van der Waals surface area (Å²) in [5, 5.41) is 12.4. The molecule has 0 N–H and O–H groups in total. The number of ether oxygens (including phenoxy) is 1. The summed E-state index contributed by atoms with van der Waals surface area (Å²) in [7, 11) is 0. The van der Waals surface area contributed by atoms with Crippen LogP contribution in [0.3, 0.4) is 0 Å². The highest BCUT2D eigenvalue weighted by Gasteiger charge is 2.18. The lowest BCUT2D eigenvalue weighted by molar-refractivity contribution is 0.0520. The molecule has 0 saturated heterocycles. The molecule has 4 rings (SSSR count). The van der Waals surface area contributed by atoms with E-state index in [1.54, 1.807) is 24.1 Å². The van der Waals surface area contributed by atoms with Crippen molar-refractivity contribution < 1.29 is 9.53 Å². The Balaban J connectivity index is 1.60. The van der Waals surface area contributed by atoms with Crippen LogP contribution < -0.4 is 0 Å². The number of esters is 1. The van der Waals surface area contributed by atoms with Gasteiger partial charge >= 0.3 is 5.97 Å². The quantitative estimate of drug-likeness (QED) is 0.275. The van der Waals surface area contributed by atoms with Crippen LogP contribution in [0.4, 0.5) is 0 Å². The van der Waals surface area contributed by atoms with E-state index in [9.17, 15) is 4.79 Å². The fourth-order valence-electron chi connectivity index (χ4n) is 3.15. The van der Waals surface area contributed by atoms with E-state index in [0.29, 0.717) is 24.5 Å². The van der Waals surface area contributed by atoms with Crippen molar-refractivity contribution in [2.45, 2.75) is 31.2 Å². The van der Waals surface area contributed by atoms with E-state index in [-0.39, 0.29) is 5.97 Å². The summed E-state index contributed by atoms with van der Waals surface area (Å²) in [6.45, 7) is 4.21. The molecule has 0 aliphatic rings. The summed E-state index contributed by atoms with van der Waals surface area (Å²) in [6, 6.07) is 18.5. The SMILES string of the molecule is CCOC(=O)c1csc(CSc2nnc(Cc3ccccc3)n2-c2ccccc2C)n1. The van der Waals surface area contributed by atoms with Crippen LogP contribution in [-0.4, -0.2) is 32.3 Å². The highest BCUT2D eigenvalue weighted by molar-refractivity contribution is 7.98. The second-order valence-electron chi connectivity index (χ2n) is 6.82. The fourth-order valence-corrected chi connectivity index (χ4v) is 4.89. The Hall–Kier alpha value is -2.97. The first-order chi connectivity index (χ1) is 15.2. The van der Waals surface area contributed by atoms with Crippen LogP contribution in [0, 0.1) is 6.92 Å². The average molecular weight is 451 g/mol. The van der Waals surface area contributed by atoms with Crippen LogP contribution in [0.5, 0.6) is 0 Å². The van der Waals surface area contributed by atoms with Gasteiger partial charge in [0.25, 0.3) is 0 Å². The summed E-state index contributed by atoms with van der Waals surface area (Å²) in [6.07, 6.45) is 0.687. The first kappa shape index (κ1) is 21.3. The van der Waals surface area contributed by atoms with Gasteiger partial charge in [-0.15, -0.1) is 21.5 Å². The first-order valence-corrected chi connectivity index (χ1v) is 11.8. The molecule has 2 aromatic carbocycles. The molecule has 8 heteroatoms. The van der Waals surface area contributed by atoms with Crippen LogP contribution in [0.25, 0.3) is 5.69 Å². The number of thiazole rings is 1. The van der Waals surface area contributed by atoms with Gasteiger partial charge in [0.05, 0.1) is 18.0 Å². The molecule has 0 radical (unpaired) electrons. The Morgan fingerprint density at radius 2 is 1.87 bits per heavy atom. The minimum atomic E-state index is -0.386. The molecule has 0 amide bonds. The molecule has 0 bridgehead atoms. The third kappa shape index (κ3) is 5.03. The fraction of sp³-hybridized carbons (Fsp3) is 0.217. The van der Waals surface area contributed by atoms with E-state index in [2.05, 4.69) is 50.9 Å². The standard InChI is InChI=1S/C23H22N4O2S2/c1-3-29-22(28)18-14-30-21(24-18)15-31-23-26-25-20(13-17-10-5-4-6-11-17)27(23)19-12-8-7-9-16(19)2/h4-12,14H,3,13,15H2,1-2H3. The van der Waals surface area contributed by atoms with Gasteiger partial charge < -0.3 is 4.74 Å². The van der Waals surface area contributed by atoms with Gasteiger partial charge in [-0.3, -0.25) is 4.57 Å². The van der Waals surface area contributed by atoms with Crippen molar-refractivity contribution in [1.29, 1.82) is 0 Å². The van der Waals surface area contributed by atoms with Crippen molar-refractivity contribution in [3.05, 3.63) is 87.6 Å². The van der Waals surface area contributed by atoms with Gasteiger partial charge in [-0.1, -0.05) is 60.3 Å². The summed E-state index contributed by atoms with van der Waals surface area (Å²) in [5.74, 6) is 1.09. The molecule has 0 unspecified atom stereocenters. The van der Waals surface area contributed by atoms with Crippen molar-refractivity contribution in [2.75, 3.05) is 6.61 Å². The third-order valence-electron chi connectivity index (χ3n) is 4.62. The number of benzene rings is 2. The van der Waals surface area contributed by atoms with E-state index in [0.717, 1.165) is 27.2 Å². The highest BCUT2D eigenvalue weighted by Crippen LogP contribution is 2.28. The number of para-hydroxylation sites is 1. The van der Waals surface area contributed by atoms with Crippen molar-refractivity contribution in [3.63, 3.8) is 0 Å². The molecule has 0 fully saturated rings. The second-order valence-corrected chi connectivity index (χ2v) is 8.70. The average Bonchev–Trinajstić information content (AvgIpc) is 3.41. The number of carbonyl (C=O) groups excluding carboxylic acids is 1. The lowest BCUT2D eigenvalue weighted by atomic mass is 10.1. The van der Waals surface area contributed by atoms with Crippen molar-refractivity contribution >= 4 is 29.1 Å². The zero-order valence-electron chi connectivity index (χ0n) is 17.3. The number of aryl methyl sites for hydroxylation is 1. The summed E-state index contributed by atoms with van der Waals surface area (Å²) >= 11 is 3.01. The minimum absolute atomic E-state index is 0.337. The molecule has 0 spiro atoms. The normalized spacial score (nSPS) is 10.9. The Labute approximate surface area is 189 Å². The predicted molar refractivity (Wildman–Crippen MR) is 123 cm³/mol. The summed E-state index contributed by atoms with van der Waals surface area (Å²) < 4.78 is 7.14. The van der Waals surface area contributed by atoms with Gasteiger partial charge in [0.2, 0.25) is 0 Å². The number of thioether (sulfide) groups is 1. The van der Waals surface area contributed by atoms with E-state index in [4.69, 9.17) is 4.74 Å². The van der Waals surface area contributed by atoms with Gasteiger partial charge in [0.1, 0.15) is 10.8 Å². The van der Waals surface area contributed by atoms with Gasteiger partial charge in [0.15, 0.2) is 10.9 Å². The molecule has 2 aromatic heterocycles. The van der Waals surface area contributed by atoms with Crippen LogP contribution in [-0.2, 0) is 16.9 Å². The lowest BCUT2D eigenvalue weighted by Gasteiger charge is -2.12. The maximum atomic E-state index is 11.9. The number of rotatable bonds is 8. The van der Waals surface area contributed by atoms with Crippen LogP contribution >= 0.6 is 23.1 Å². The summed E-state index contributed by atoms with van der Waals surface area (Å²) in [4.78, 5) is 16.3. The lowest BCUT2D eigenvalue weighted by Crippen LogP contribution is -2.06. The molecule has 158 valence electrons. The molecule has 2 heterocycles. The molecule has 0 aliphatic heterocycles. The molecule has 0 saturated carbocycles. The van der Waals surface area contributed by atoms with E-state index < -0.39 is 0 Å². The number of carbonyl (C=O) groups is 1. The third-order valence-corrected chi connectivity index (χ3v) is 6.59. The maximum absolute atomic E-state index is 11.9. The molecule has 6 nitrogen and oxygen atoms in total. The van der Waals surface area contributed by atoms with Gasteiger partial charge in [-0.05, 0) is 31.0 Å². The Bertz CT molecular complexity index is 1170. The molecular formula is C23H22N4O2S2. The zero-order chi connectivity index (χ0) is 21.6. The molecule has 4 aromatic rings. The number of aromatic nitrogens is 4. The molecular weight excluding hydrogens is 428 g/mol. The summed E-state index contributed by atoms with van der Waals surface area (Å²) in [5.41, 5.74) is 3.75.